The highest BCUT2D eigenvalue weighted by molar-refractivity contribution is 5.43. The molecule has 3 nitrogen and oxygen atoms in total. The van der Waals surface area contributed by atoms with Gasteiger partial charge in [0.2, 0.25) is 0 Å². The van der Waals surface area contributed by atoms with E-state index in [2.05, 4.69) is 19.9 Å². The van der Waals surface area contributed by atoms with Crippen molar-refractivity contribution in [1.82, 2.24) is 0 Å². The Morgan fingerprint density at radius 3 is 2.44 bits per heavy atom. The summed E-state index contributed by atoms with van der Waals surface area (Å²) >= 11 is 0. The van der Waals surface area contributed by atoms with Gasteiger partial charge in [0.15, 0.2) is 11.5 Å². The van der Waals surface area contributed by atoms with Crippen LogP contribution in [0.15, 0.2) is 18.2 Å². The fourth-order valence-electron chi connectivity index (χ4n) is 1.64. The van der Waals surface area contributed by atoms with Gasteiger partial charge in [-0.2, -0.15) is 0 Å². The Kier molecular flexibility index (Phi) is 5.99. The van der Waals surface area contributed by atoms with Crippen molar-refractivity contribution < 1.29 is 9.47 Å². The molecule has 1 aromatic carbocycles. The van der Waals surface area contributed by atoms with E-state index < -0.39 is 0 Å². The lowest BCUT2D eigenvalue weighted by Gasteiger charge is -2.14. The summed E-state index contributed by atoms with van der Waals surface area (Å²) in [5.74, 6) is 2.13. The highest BCUT2D eigenvalue weighted by Gasteiger charge is 2.07. The number of methoxy groups -OCH3 is 1. The molecule has 0 aromatic heterocycles. The van der Waals surface area contributed by atoms with Crippen LogP contribution in [0.2, 0.25) is 0 Å². The second-order valence-electron chi connectivity index (χ2n) is 5.21. The van der Waals surface area contributed by atoms with Gasteiger partial charge in [0.05, 0.1) is 13.7 Å². The average Bonchev–Trinajstić information content (AvgIpc) is 2.34. The predicted octanol–water partition coefficient (Wildman–Crippen LogP) is 3.01. The standard InChI is InChI=1S/C15H25NO2/c1-11(2)10-18-14-8-7-13(6-5-12(3)16)9-15(14)17-4/h7-9,11-12H,5-6,10,16H2,1-4H3. The number of rotatable bonds is 7. The maximum absolute atomic E-state index is 5.77. The Hall–Kier alpha value is -1.22. The minimum atomic E-state index is 0.230. The first-order chi connectivity index (χ1) is 8.52. The zero-order chi connectivity index (χ0) is 13.5. The molecule has 0 spiro atoms. The van der Waals surface area contributed by atoms with Gasteiger partial charge < -0.3 is 15.2 Å². The second-order valence-corrected chi connectivity index (χ2v) is 5.21. The molecule has 3 heteroatoms. The highest BCUT2D eigenvalue weighted by atomic mass is 16.5. The predicted molar refractivity (Wildman–Crippen MR) is 75.3 cm³/mol. The fraction of sp³-hybridized carbons (Fsp3) is 0.600. The first-order valence-electron chi connectivity index (χ1n) is 6.58. The molecule has 0 radical (unpaired) electrons. The lowest BCUT2D eigenvalue weighted by molar-refractivity contribution is 0.257. The third kappa shape index (κ3) is 4.96. The van der Waals surface area contributed by atoms with Crippen molar-refractivity contribution in [1.29, 1.82) is 0 Å². The molecule has 1 unspecified atom stereocenters. The molecule has 1 rings (SSSR count). The van der Waals surface area contributed by atoms with Crippen molar-refractivity contribution in [3.05, 3.63) is 23.8 Å². The van der Waals surface area contributed by atoms with Crippen LogP contribution in [0.25, 0.3) is 0 Å². The summed E-state index contributed by atoms with van der Waals surface area (Å²) in [5.41, 5.74) is 7.00. The minimum absolute atomic E-state index is 0.230. The smallest absolute Gasteiger partial charge is 0.161 e. The highest BCUT2D eigenvalue weighted by Crippen LogP contribution is 2.29. The molecule has 18 heavy (non-hydrogen) atoms. The van der Waals surface area contributed by atoms with Crippen LogP contribution in [0.3, 0.4) is 0 Å². The molecule has 1 atom stereocenters. The minimum Gasteiger partial charge on any atom is -0.493 e. The van der Waals surface area contributed by atoms with Crippen LogP contribution in [-0.2, 0) is 6.42 Å². The molecule has 0 amide bonds. The normalized spacial score (nSPS) is 12.6. The number of hydrogen-bond donors (Lipinski definition) is 1. The van der Waals surface area contributed by atoms with Gasteiger partial charge in [-0.1, -0.05) is 19.9 Å². The summed E-state index contributed by atoms with van der Waals surface area (Å²) in [6, 6.07) is 6.34. The molecule has 0 aliphatic rings. The Morgan fingerprint density at radius 1 is 1.17 bits per heavy atom. The first kappa shape index (κ1) is 14.8. The van der Waals surface area contributed by atoms with Crippen LogP contribution in [-0.4, -0.2) is 19.8 Å². The van der Waals surface area contributed by atoms with Crippen molar-refractivity contribution in [2.75, 3.05) is 13.7 Å². The molecule has 0 bridgehead atoms. The molecule has 0 fully saturated rings. The molecule has 102 valence electrons. The monoisotopic (exact) mass is 251 g/mol. The first-order valence-corrected chi connectivity index (χ1v) is 6.58. The Morgan fingerprint density at radius 2 is 1.89 bits per heavy atom. The zero-order valence-electron chi connectivity index (χ0n) is 11.9. The Bertz CT molecular complexity index is 362. The lowest BCUT2D eigenvalue weighted by atomic mass is 10.1. The zero-order valence-corrected chi connectivity index (χ0v) is 11.9. The maximum atomic E-state index is 5.77. The van der Waals surface area contributed by atoms with Gasteiger partial charge in [-0.15, -0.1) is 0 Å². The number of ether oxygens (including phenoxy) is 2. The van der Waals surface area contributed by atoms with E-state index in [-0.39, 0.29) is 6.04 Å². The Balaban J connectivity index is 2.70. The molecule has 0 aliphatic carbocycles. The summed E-state index contributed by atoms with van der Waals surface area (Å²) in [7, 11) is 1.67. The number of nitrogens with two attached hydrogens (primary N) is 1. The van der Waals surface area contributed by atoms with E-state index in [1.807, 2.05) is 19.1 Å². The third-order valence-electron chi connectivity index (χ3n) is 2.69. The van der Waals surface area contributed by atoms with Gasteiger partial charge in [0.25, 0.3) is 0 Å². The largest absolute Gasteiger partial charge is 0.493 e. The molecule has 2 N–H and O–H groups in total. The number of hydrogen-bond acceptors (Lipinski definition) is 3. The third-order valence-corrected chi connectivity index (χ3v) is 2.69. The van der Waals surface area contributed by atoms with Gasteiger partial charge in [0.1, 0.15) is 0 Å². The van der Waals surface area contributed by atoms with Crippen LogP contribution >= 0.6 is 0 Å². The van der Waals surface area contributed by atoms with Crippen LogP contribution in [0.1, 0.15) is 32.8 Å². The topological polar surface area (TPSA) is 44.5 Å². The summed E-state index contributed by atoms with van der Waals surface area (Å²) in [4.78, 5) is 0. The van der Waals surface area contributed by atoms with E-state index in [0.29, 0.717) is 12.5 Å². The van der Waals surface area contributed by atoms with Gasteiger partial charge in [-0.25, -0.2) is 0 Å². The molecule has 0 aliphatic heterocycles. The number of aryl methyl sites for hydroxylation is 1. The van der Waals surface area contributed by atoms with Crippen molar-refractivity contribution in [2.45, 2.75) is 39.7 Å². The molecule has 0 saturated carbocycles. The second kappa shape index (κ2) is 7.27. The molecule has 0 heterocycles. The summed E-state index contributed by atoms with van der Waals surface area (Å²) < 4.78 is 11.1. The SMILES string of the molecule is COc1cc(CCC(C)N)ccc1OCC(C)C. The summed E-state index contributed by atoms with van der Waals surface area (Å²) in [5, 5.41) is 0. The lowest BCUT2D eigenvalue weighted by Crippen LogP contribution is -2.15. The molecule has 0 saturated heterocycles. The maximum Gasteiger partial charge on any atom is 0.161 e. The van der Waals surface area contributed by atoms with E-state index in [4.69, 9.17) is 15.2 Å². The summed E-state index contributed by atoms with van der Waals surface area (Å²) in [6.07, 6.45) is 1.95. The van der Waals surface area contributed by atoms with E-state index in [1.165, 1.54) is 5.56 Å². The molecule has 1 aromatic rings. The van der Waals surface area contributed by atoms with Crippen molar-refractivity contribution in [2.24, 2.45) is 11.7 Å². The van der Waals surface area contributed by atoms with Crippen molar-refractivity contribution >= 4 is 0 Å². The van der Waals surface area contributed by atoms with E-state index in [9.17, 15) is 0 Å². The van der Waals surface area contributed by atoms with Crippen LogP contribution in [0.5, 0.6) is 11.5 Å². The fourth-order valence-corrected chi connectivity index (χ4v) is 1.64. The quantitative estimate of drug-likeness (QED) is 0.810. The average molecular weight is 251 g/mol. The van der Waals surface area contributed by atoms with Gasteiger partial charge >= 0.3 is 0 Å². The van der Waals surface area contributed by atoms with Gasteiger partial charge in [0, 0.05) is 6.04 Å². The van der Waals surface area contributed by atoms with E-state index >= 15 is 0 Å². The van der Waals surface area contributed by atoms with Crippen LogP contribution < -0.4 is 15.2 Å². The van der Waals surface area contributed by atoms with Gasteiger partial charge in [-0.3, -0.25) is 0 Å². The summed E-state index contributed by atoms with van der Waals surface area (Å²) in [6.45, 7) is 6.99. The van der Waals surface area contributed by atoms with Crippen LogP contribution in [0.4, 0.5) is 0 Å². The Labute approximate surface area is 110 Å². The molecular weight excluding hydrogens is 226 g/mol. The molecular formula is C15H25NO2. The van der Waals surface area contributed by atoms with E-state index in [1.54, 1.807) is 7.11 Å². The van der Waals surface area contributed by atoms with Gasteiger partial charge in [-0.05, 0) is 43.4 Å². The van der Waals surface area contributed by atoms with Crippen molar-refractivity contribution in [3.8, 4) is 11.5 Å². The number of benzene rings is 1. The van der Waals surface area contributed by atoms with Crippen molar-refractivity contribution in [3.63, 3.8) is 0 Å². The van der Waals surface area contributed by atoms with E-state index in [0.717, 1.165) is 24.3 Å². The van der Waals surface area contributed by atoms with Crippen LogP contribution in [0, 0.1) is 5.92 Å².